The Balaban J connectivity index is 1.57. The van der Waals surface area contributed by atoms with Gasteiger partial charge in [-0.1, -0.05) is 107 Å². The van der Waals surface area contributed by atoms with Gasteiger partial charge in [0.2, 0.25) is 0 Å². The predicted molar refractivity (Wildman–Crippen MR) is 202 cm³/mol. The number of aromatic hydroxyl groups is 1. The average Bonchev–Trinajstić information content (AvgIpc) is 3.56. The number of imidazole rings is 1. The van der Waals surface area contributed by atoms with Crippen molar-refractivity contribution in [3.63, 3.8) is 0 Å². The van der Waals surface area contributed by atoms with E-state index >= 15 is 0 Å². The minimum atomic E-state index is -3.65. The van der Waals surface area contributed by atoms with Crippen molar-refractivity contribution in [2.75, 3.05) is 17.7 Å². The number of carbonyl (C=O) groups is 2. The topological polar surface area (TPSA) is 165 Å². The first-order valence-electron chi connectivity index (χ1n) is 18.0. The minimum absolute atomic E-state index is 0.0110. The molecule has 0 fully saturated rings. The molecule has 0 spiro atoms. The molecule has 1 atom stereocenters. The molecule has 1 unspecified atom stereocenters. The van der Waals surface area contributed by atoms with E-state index in [-0.39, 0.29) is 51.6 Å². The Bertz CT molecular complexity index is 1970. The fourth-order valence-corrected chi connectivity index (χ4v) is 7.93. The summed E-state index contributed by atoms with van der Waals surface area (Å²) in [5.74, 6) is -2.77. The lowest BCUT2D eigenvalue weighted by Gasteiger charge is -2.18. The van der Waals surface area contributed by atoms with E-state index in [4.69, 9.17) is 16.3 Å². The first kappa shape index (κ1) is 40.4. The molecule has 0 bridgehead atoms. The number of anilines is 1. The molecule has 0 radical (unpaired) electrons. The third kappa shape index (κ3) is 9.94. The van der Waals surface area contributed by atoms with E-state index in [9.17, 15) is 27.9 Å². The van der Waals surface area contributed by atoms with Crippen molar-refractivity contribution < 1.29 is 27.9 Å². The molecule has 0 saturated carbocycles. The van der Waals surface area contributed by atoms with Gasteiger partial charge in [0.1, 0.15) is 0 Å². The Labute approximate surface area is 310 Å². The van der Waals surface area contributed by atoms with E-state index in [1.54, 1.807) is 45.0 Å². The first-order valence-corrected chi connectivity index (χ1v) is 20.0. The highest BCUT2D eigenvalue weighted by atomic mass is 35.5. The summed E-state index contributed by atoms with van der Waals surface area (Å²) < 4.78 is 33.8. The zero-order valence-corrected chi connectivity index (χ0v) is 32.0. The van der Waals surface area contributed by atoms with E-state index in [0.29, 0.717) is 22.2 Å². The van der Waals surface area contributed by atoms with Crippen molar-refractivity contribution in [2.45, 2.75) is 109 Å². The maximum Gasteiger partial charge on any atom is 0.335 e. The van der Waals surface area contributed by atoms with E-state index in [1.165, 1.54) is 50.3 Å². The monoisotopic (exact) mass is 755 g/mol. The van der Waals surface area contributed by atoms with Gasteiger partial charge in [0, 0.05) is 5.69 Å². The van der Waals surface area contributed by atoms with Crippen LogP contribution in [0.4, 0.5) is 5.69 Å². The predicted octanol–water partition coefficient (Wildman–Crippen LogP) is 7.55. The Morgan fingerprint density at radius 3 is 2.17 bits per heavy atom. The van der Waals surface area contributed by atoms with Crippen LogP contribution in [0.2, 0.25) is 5.02 Å². The zero-order valence-electron chi connectivity index (χ0n) is 30.4. The molecule has 0 aliphatic heterocycles. The molecule has 4 aromatic rings. The third-order valence-corrected chi connectivity index (χ3v) is 11.1. The Morgan fingerprint density at radius 2 is 1.60 bits per heavy atom. The maximum absolute atomic E-state index is 14.2. The highest BCUT2D eigenvalue weighted by molar-refractivity contribution is 7.91. The van der Waals surface area contributed by atoms with Gasteiger partial charge in [-0.25, -0.2) is 17.8 Å². The van der Waals surface area contributed by atoms with Gasteiger partial charge in [0.25, 0.3) is 17.7 Å². The normalized spacial score (nSPS) is 12.2. The van der Waals surface area contributed by atoms with Crippen LogP contribution in [-0.4, -0.2) is 56.9 Å². The van der Waals surface area contributed by atoms with Crippen LogP contribution < -0.4 is 15.7 Å². The van der Waals surface area contributed by atoms with Crippen LogP contribution in [0.5, 0.6) is 11.8 Å². The number of sulfone groups is 1. The molecule has 2 aromatic carbocycles. The number of nitrogens with zero attached hydrogens (tertiary/aromatic N) is 3. The highest BCUT2D eigenvalue weighted by Gasteiger charge is 2.38. The van der Waals surface area contributed by atoms with E-state index in [2.05, 4.69) is 22.4 Å². The molecule has 0 aliphatic rings. The number of amides is 1. The summed E-state index contributed by atoms with van der Waals surface area (Å²) in [4.78, 5) is 42.3. The summed E-state index contributed by atoms with van der Waals surface area (Å²) in [5.41, 5.74) is 0.584. The number of nitrogens with one attached hydrogen (secondary N) is 2. The number of carbonyl (C=O) groups excluding carboxylic acids is 2. The standard InChI is InChI=1S/C38H50ClN5O7S/c1-5-7-8-9-10-11-12-13-14-18-23-52(49,50)29-21-22-31(30(39)24-29)40-35(46)33(34(45)32-26(3)41-42-27(32)4)44-36(47)37(51-6-2)43(38(44)48)25-28-19-16-15-17-20-28/h15-17,19-22,24,33,47H,5-14,18,23,25H2,1-4H3,(H,40,46)(H,41,42). The smallest absolute Gasteiger partial charge is 0.335 e. The molecule has 14 heteroatoms. The molecular formula is C38H50ClN5O7S. The number of unbranched alkanes of at least 4 members (excludes halogenated alkanes) is 9. The highest BCUT2D eigenvalue weighted by Crippen LogP contribution is 2.33. The number of hydrogen-bond donors (Lipinski definition) is 3. The fourth-order valence-electron chi connectivity index (χ4n) is 6.24. The van der Waals surface area contributed by atoms with Crippen LogP contribution in [0, 0.1) is 13.8 Å². The first-order chi connectivity index (χ1) is 24.9. The van der Waals surface area contributed by atoms with Gasteiger partial charge in [-0.2, -0.15) is 5.10 Å². The van der Waals surface area contributed by atoms with Gasteiger partial charge >= 0.3 is 5.69 Å². The van der Waals surface area contributed by atoms with Crippen LogP contribution in [0.1, 0.15) is 111 Å². The van der Waals surface area contributed by atoms with Gasteiger partial charge in [-0.05, 0) is 51.0 Å². The molecular weight excluding hydrogens is 706 g/mol. The van der Waals surface area contributed by atoms with Crippen molar-refractivity contribution in [1.82, 2.24) is 19.3 Å². The van der Waals surface area contributed by atoms with Crippen LogP contribution in [0.15, 0.2) is 58.2 Å². The second-order valence-corrected chi connectivity index (χ2v) is 15.5. The van der Waals surface area contributed by atoms with Crippen LogP contribution in [0.25, 0.3) is 0 Å². The number of benzene rings is 2. The number of hydrogen-bond acceptors (Lipinski definition) is 8. The summed E-state index contributed by atoms with van der Waals surface area (Å²) in [6.07, 6.45) is 10.8. The van der Waals surface area contributed by atoms with Gasteiger partial charge in [-0.3, -0.25) is 19.3 Å². The Kier molecular flexibility index (Phi) is 14.7. The lowest BCUT2D eigenvalue weighted by Crippen LogP contribution is -2.39. The van der Waals surface area contributed by atoms with E-state index < -0.39 is 39.1 Å². The number of aryl methyl sites for hydroxylation is 2. The number of rotatable bonds is 21. The Hall–Kier alpha value is -4.36. The zero-order chi connectivity index (χ0) is 37.8. The molecule has 2 heterocycles. The average molecular weight is 756 g/mol. The lowest BCUT2D eigenvalue weighted by atomic mass is 10.0. The number of ether oxygens (including phenoxy) is 1. The Morgan fingerprint density at radius 1 is 0.962 bits per heavy atom. The third-order valence-electron chi connectivity index (χ3n) is 9.02. The molecule has 2 aromatic heterocycles. The number of halogens is 1. The van der Waals surface area contributed by atoms with Crippen LogP contribution >= 0.6 is 11.6 Å². The molecule has 1 amide bonds. The summed E-state index contributed by atoms with van der Waals surface area (Å²) in [6.45, 7) is 7.12. The molecule has 4 rings (SSSR count). The van der Waals surface area contributed by atoms with Crippen molar-refractivity contribution in [3.05, 3.63) is 86.6 Å². The molecule has 0 saturated heterocycles. The summed E-state index contributed by atoms with van der Waals surface area (Å²) in [7, 11) is -3.65. The SMILES string of the molecule is CCCCCCCCCCCCS(=O)(=O)c1ccc(NC(=O)C(C(=O)c2c(C)n[nH]c2C)n2c(O)c(OCC)n(Cc3ccccc3)c2=O)c(Cl)c1. The molecule has 3 N–H and O–H groups in total. The quantitative estimate of drug-likeness (QED) is 0.0446. The number of H-pyrrole nitrogens is 1. The second-order valence-electron chi connectivity index (χ2n) is 13.0. The van der Waals surface area contributed by atoms with Gasteiger partial charge < -0.3 is 15.2 Å². The number of aromatic nitrogens is 4. The molecule has 282 valence electrons. The summed E-state index contributed by atoms with van der Waals surface area (Å²) in [6, 6.07) is 11.0. The van der Waals surface area contributed by atoms with Gasteiger partial charge in [0.05, 0.1) is 45.8 Å². The molecule has 0 aliphatic carbocycles. The summed E-state index contributed by atoms with van der Waals surface area (Å²) >= 11 is 6.53. The largest absolute Gasteiger partial charge is 0.491 e. The van der Waals surface area contributed by atoms with Crippen LogP contribution in [-0.2, 0) is 21.2 Å². The van der Waals surface area contributed by atoms with E-state index in [0.717, 1.165) is 30.3 Å². The number of Topliss-reactive ketones (excluding diaryl/α,β-unsaturated/α-hetero) is 1. The van der Waals surface area contributed by atoms with Crippen molar-refractivity contribution in [2.24, 2.45) is 0 Å². The lowest BCUT2D eigenvalue weighted by molar-refractivity contribution is -0.118. The minimum Gasteiger partial charge on any atom is -0.491 e. The fraction of sp³-hybridized carbons (Fsp3) is 0.474. The van der Waals surface area contributed by atoms with Gasteiger partial charge in [0.15, 0.2) is 21.7 Å². The molecule has 52 heavy (non-hydrogen) atoms. The van der Waals surface area contributed by atoms with Crippen LogP contribution in [0.3, 0.4) is 0 Å². The second kappa shape index (κ2) is 18.9. The van der Waals surface area contributed by atoms with E-state index in [1.807, 2.05) is 6.07 Å². The number of aromatic amines is 1. The maximum atomic E-state index is 14.2. The van der Waals surface area contributed by atoms with Crippen molar-refractivity contribution in [1.29, 1.82) is 0 Å². The van der Waals surface area contributed by atoms with Crippen molar-refractivity contribution in [3.8, 4) is 11.8 Å². The summed E-state index contributed by atoms with van der Waals surface area (Å²) in [5, 5.41) is 20.7. The van der Waals surface area contributed by atoms with Gasteiger partial charge in [-0.15, -0.1) is 0 Å². The number of ketones is 1. The molecule has 12 nitrogen and oxygen atoms in total. The van der Waals surface area contributed by atoms with Crippen molar-refractivity contribution >= 4 is 38.8 Å².